The molecule has 0 saturated carbocycles. The summed E-state index contributed by atoms with van der Waals surface area (Å²) < 4.78 is 37.9. The third kappa shape index (κ3) is 3.02. The molecule has 8 heteroatoms. The quantitative estimate of drug-likeness (QED) is 0.782. The number of carbonyl (C=O) groups excluding carboxylic acids is 1. The highest BCUT2D eigenvalue weighted by molar-refractivity contribution is 7.90. The van der Waals surface area contributed by atoms with Gasteiger partial charge in [-0.2, -0.15) is 0 Å². The first kappa shape index (κ1) is 16.3. The highest BCUT2D eigenvalue weighted by Gasteiger charge is 2.28. The van der Waals surface area contributed by atoms with Crippen molar-refractivity contribution in [2.24, 2.45) is 0 Å². The van der Waals surface area contributed by atoms with Gasteiger partial charge in [0.2, 0.25) is 0 Å². The van der Waals surface area contributed by atoms with Crippen LogP contribution in [0.25, 0.3) is 0 Å². The Hall–Kier alpha value is -1.80. The normalized spacial score (nSPS) is 12.7. The van der Waals surface area contributed by atoms with Crippen LogP contribution < -0.4 is 9.47 Å². The van der Waals surface area contributed by atoms with Crippen LogP contribution in [0.3, 0.4) is 0 Å². The van der Waals surface area contributed by atoms with Gasteiger partial charge < -0.3 is 19.3 Å². The number of benzene rings is 1. The Balaban J connectivity index is 3.55. The minimum absolute atomic E-state index is 0.0340. The molecule has 0 saturated heterocycles. The van der Waals surface area contributed by atoms with E-state index in [9.17, 15) is 18.3 Å². The van der Waals surface area contributed by atoms with Crippen LogP contribution >= 0.6 is 0 Å². The highest BCUT2D eigenvalue weighted by Crippen LogP contribution is 2.40. The molecule has 0 heterocycles. The first-order valence-corrected chi connectivity index (χ1v) is 7.37. The van der Waals surface area contributed by atoms with Gasteiger partial charge in [0.25, 0.3) is 0 Å². The molecular formula is C12H16O7S. The Morgan fingerprint density at radius 1 is 1.15 bits per heavy atom. The van der Waals surface area contributed by atoms with Gasteiger partial charge in [0.1, 0.15) is 4.90 Å². The maximum Gasteiger partial charge on any atom is 0.339 e. The largest absolute Gasteiger partial charge is 0.492 e. The van der Waals surface area contributed by atoms with Gasteiger partial charge in [-0.15, -0.1) is 0 Å². The molecule has 7 nitrogen and oxygen atoms in total. The summed E-state index contributed by atoms with van der Waals surface area (Å²) in [5.74, 6) is -0.999. The monoisotopic (exact) mass is 304 g/mol. The van der Waals surface area contributed by atoms with Gasteiger partial charge in [-0.05, 0) is 6.07 Å². The Bertz CT molecular complexity index is 606. The molecule has 1 unspecified atom stereocenters. The summed E-state index contributed by atoms with van der Waals surface area (Å²) in [5.41, 5.74) is 0.0589. The molecule has 1 N–H and O–H groups in total. The zero-order chi connectivity index (χ0) is 15.5. The predicted octanol–water partition coefficient (Wildman–Crippen LogP) is 0.314. The van der Waals surface area contributed by atoms with Crippen LogP contribution in [-0.2, 0) is 19.4 Å². The number of ether oxygens (including phenoxy) is 3. The van der Waals surface area contributed by atoms with E-state index in [1.165, 1.54) is 26.4 Å². The second-order valence-electron chi connectivity index (χ2n) is 3.92. The minimum atomic E-state index is -3.55. The SMILES string of the molecule is COC(=O)C(O)c1ccc(S(C)(=O)=O)c(OC)c1OC. The van der Waals surface area contributed by atoms with Crippen LogP contribution in [0.1, 0.15) is 11.7 Å². The third-order valence-corrected chi connectivity index (χ3v) is 3.75. The summed E-state index contributed by atoms with van der Waals surface area (Å²) >= 11 is 0. The fraction of sp³-hybridized carbons (Fsp3) is 0.417. The maximum absolute atomic E-state index is 11.7. The number of hydrogen-bond donors (Lipinski definition) is 1. The zero-order valence-electron chi connectivity index (χ0n) is 11.5. The summed E-state index contributed by atoms with van der Waals surface area (Å²) in [5, 5.41) is 9.86. The van der Waals surface area contributed by atoms with Gasteiger partial charge in [-0.25, -0.2) is 13.2 Å². The summed E-state index contributed by atoms with van der Waals surface area (Å²) in [6.07, 6.45) is -0.585. The number of rotatable bonds is 5. The lowest BCUT2D eigenvalue weighted by Crippen LogP contribution is -2.15. The fourth-order valence-corrected chi connectivity index (χ4v) is 2.54. The first-order chi connectivity index (χ1) is 9.27. The lowest BCUT2D eigenvalue weighted by atomic mass is 10.1. The number of aliphatic hydroxyl groups excluding tert-OH is 1. The van der Waals surface area contributed by atoms with E-state index in [2.05, 4.69) is 4.74 Å². The molecule has 0 aliphatic heterocycles. The lowest BCUT2D eigenvalue weighted by molar-refractivity contribution is -0.150. The average Bonchev–Trinajstić information content (AvgIpc) is 2.42. The number of carbonyl (C=O) groups is 1. The number of methoxy groups -OCH3 is 3. The molecule has 0 bridgehead atoms. The molecule has 1 atom stereocenters. The van der Waals surface area contributed by atoms with Crippen LogP contribution in [0, 0.1) is 0 Å². The van der Waals surface area contributed by atoms with Crippen molar-refractivity contribution in [3.63, 3.8) is 0 Å². The smallest absolute Gasteiger partial charge is 0.339 e. The average molecular weight is 304 g/mol. The van der Waals surface area contributed by atoms with Crippen molar-refractivity contribution in [1.29, 1.82) is 0 Å². The van der Waals surface area contributed by atoms with Gasteiger partial charge in [0.15, 0.2) is 27.4 Å². The molecule has 0 aliphatic rings. The van der Waals surface area contributed by atoms with E-state index >= 15 is 0 Å². The molecule has 1 aromatic carbocycles. The van der Waals surface area contributed by atoms with Crippen molar-refractivity contribution in [3.05, 3.63) is 17.7 Å². The Kier molecular flexibility index (Phi) is 4.96. The van der Waals surface area contributed by atoms with Crippen molar-refractivity contribution in [2.45, 2.75) is 11.0 Å². The van der Waals surface area contributed by atoms with Crippen molar-refractivity contribution >= 4 is 15.8 Å². The van der Waals surface area contributed by atoms with Crippen LogP contribution in [0.5, 0.6) is 11.5 Å². The van der Waals surface area contributed by atoms with Crippen molar-refractivity contribution in [2.75, 3.05) is 27.6 Å². The van der Waals surface area contributed by atoms with Crippen molar-refractivity contribution in [1.82, 2.24) is 0 Å². The standard InChI is InChI=1S/C12H16O7S/c1-17-10-7(9(13)12(14)19-3)5-6-8(11(10)18-2)20(4,15)16/h5-6,9,13H,1-4H3. The van der Waals surface area contributed by atoms with E-state index in [0.717, 1.165) is 13.4 Å². The molecule has 0 radical (unpaired) electrons. The Morgan fingerprint density at radius 2 is 1.70 bits per heavy atom. The van der Waals surface area contributed by atoms with Crippen LogP contribution in [0.15, 0.2) is 17.0 Å². The van der Waals surface area contributed by atoms with E-state index in [4.69, 9.17) is 9.47 Å². The van der Waals surface area contributed by atoms with Gasteiger partial charge >= 0.3 is 5.97 Å². The van der Waals surface area contributed by atoms with Crippen LogP contribution in [0.4, 0.5) is 0 Å². The van der Waals surface area contributed by atoms with Gasteiger partial charge in [0, 0.05) is 11.8 Å². The number of sulfone groups is 1. The molecule has 1 aromatic rings. The van der Waals surface area contributed by atoms with E-state index in [1.807, 2.05) is 0 Å². The van der Waals surface area contributed by atoms with E-state index < -0.39 is 21.9 Å². The topological polar surface area (TPSA) is 99.1 Å². The van der Waals surface area contributed by atoms with Crippen LogP contribution in [0.2, 0.25) is 0 Å². The summed E-state index contributed by atoms with van der Waals surface area (Å²) in [6.45, 7) is 0. The lowest BCUT2D eigenvalue weighted by Gasteiger charge is -2.17. The molecule has 1 rings (SSSR count). The third-order valence-electron chi connectivity index (χ3n) is 2.63. The van der Waals surface area contributed by atoms with Crippen molar-refractivity contribution < 1.29 is 32.5 Å². The molecule has 0 fully saturated rings. The molecular weight excluding hydrogens is 288 g/mol. The minimum Gasteiger partial charge on any atom is -0.492 e. The van der Waals surface area contributed by atoms with Gasteiger partial charge in [-0.1, -0.05) is 6.07 Å². The summed E-state index contributed by atoms with van der Waals surface area (Å²) in [7, 11) is 0.116. The molecule has 0 spiro atoms. The van der Waals surface area contributed by atoms with E-state index in [-0.39, 0.29) is 22.0 Å². The molecule has 112 valence electrons. The molecule has 0 aromatic heterocycles. The summed E-state index contributed by atoms with van der Waals surface area (Å²) in [4.78, 5) is 11.3. The second kappa shape index (κ2) is 6.10. The summed E-state index contributed by atoms with van der Waals surface area (Å²) in [6, 6.07) is 2.51. The van der Waals surface area contributed by atoms with E-state index in [0.29, 0.717) is 0 Å². The first-order valence-electron chi connectivity index (χ1n) is 5.48. The molecule has 0 amide bonds. The number of esters is 1. The van der Waals surface area contributed by atoms with Crippen LogP contribution in [-0.4, -0.2) is 47.1 Å². The van der Waals surface area contributed by atoms with Crippen molar-refractivity contribution in [3.8, 4) is 11.5 Å². The predicted molar refractivity (Wildman–Crippen MR) is 69.6 cm³/mol. The van der Waals surface area contributed by atoms with Gasteiger partial charge in [0.05, 0.1) is 21.3 Å². The highest BCUT2D eigenvalue weighted by atomic mass is 32.2. The second-order valence-corrected chi connectivity index (χ2v) is 5.90. The maximum atomic E-state index is 11.7. The Morgan fingerprint density at radius 3 is 2.10 bits per heavy atom. The molecule has 0 aliphatic carbocycles. The van der Waals surface area contributed by atoms with E-state index in [1.54, 1.807) is 0 Å². The molecule has 20 heavy (non-hydrogen) atoms. The van der Waals surface area contributed by atoms with Gasteiger partial charge in [-0.3, -0.25) is 0 Å². The zero-order valence-corrected chi connectivity index (χ0v) is 12.4. The fourth-order valence-electron chi connectivity index (χ4n) is 1.71. The Labute approximate surface area is 117 Å². The number of aliphatic hydroxyl groups is 1. The number of hydrogen-bond acceptors (Lipinski definition) is 7.